The lowest BCUT2D eigenvalue weighted by Gasteiger charge is -2.36. The number of nitrogens with zero attached hydrogens (tertiary/aromatic N) is 2. The van der Waals surface area contributed by atoms with Crippen LogP contribution in [0.4, 0.5) is 0 Å². The maximum Gasteiger partial charge on any atom is 0.305 e. The van der Waals surface area contributed by atoms with Gasteiger partial charge in [-0.2, -0.15) is 0 Å². The molecular weight excluding hydrogens is 470 g/mol. The van der Waals surface area contributed by atoms with Gasteiger partial charge in [0.2, 0.25) is 5.91 Å². The van der Waals surface area contributed by atoms with Gasteiger partial charge in [0.1, 0.15) is 18.4 Å². The van der Waals surface area contributed by atoms with Gasteiger partial charge in [0, 0.05) is 24.1 Å². The van der Waals surface area contributed by atoms with Gasteiger partial charge in [0.15, 0.2) is 0 Å². The molecule has 198 valence electrons. The van der Waals surface area contributed by atoms with E-state index >= 15 is 0 Å². The van der Waals surface area contributed by atoms with E-state index in [2.05, 4.69) is 47.7 Å². The van der Waals surface area contributed by atoms with Crippen molar-refractivity contribution in [3.05, 3.63) is 64.7 Å². The number of esters is 1. The topological polar surface area (TPSA) is 102 Å². The number of amides is 2. The van der Waals surface area contributed by atoms with Gasteiger partial charge in [-0.05, 0) is 61.0 Å². The van der Waals surface area contributed by atoms with Crippen LogP contribution in [0.25, 0.3) is 0 Å². The minimum atomic E-state index is -0.898. The second kappa shape index (κ2) is 11.3. The second-order valence-electron chi connectivity index (χ2n) is 10.8. The third-order valence-corrected chi connectivity index (χ3v) is 7.54. The number of methoxy groups -OCH3 is 1. The standard InChI is InChI=1S/C29H37N3O5/c1-29(2)13-15-31(16-14-29)17-20-7-9-21(10-8-20)19-37-25-6-4-5-22-23(25)18-32(28(22)35)24(27(30)34)11-12-26(33)36-3/h4-10,24H,11-19H2,1-3H3,(H2,30,34). The number of benzene rings is 2. The third kappa shape index (κ3) is 6.49. The van der Waals surface area contributed by atoms with Crippen molar-refractivity contribution in [1.82, 2.24) is 9.80 Å². The number of nitrogens with two attached hydrogens (primary N) is 1. The van der Waals surface area contributed by atoms with Gasteiger partial charge in [-0.15, -0.1) is 0 Å². The molecule has 0 bridgehead atoms. The molecule has 0 aromatic heterocycles. The molecule has 2 aliphatic heterocycles. The Labute approximate surface area is 218 Å². The number of hydrogen-bond donors (Lipinski definition) is 1. The number of carbonyl (C=O) groups is 3. The molecule has 2 aliphatic rings. The summed E-state index contributed by atoms with van der Waals surface area (Å²) < 4.78 is 10.8. The minimum Gasteiger partial charge on any atom is -0.489 e. The molecule has 1 fully saturated rings. The molecule has 2 N–H and O–H groups in total. The van der Waals surface area contributed by atoms with Crippen molar-refractivity contribution in [3.63, 3.8) is 0 Å². The number of likely N-dealkylation sites (tertiary alicyclic amines) is 1. The summed E-state index contributed by atoms with van der Waals surface area (Å²) in [6, 6.07) is 12.9. The summed E-state index contributed by atoms with van der Waals surface area (Å²) in [5.74, 6) is -0.796. The van der Waals surface area contributed by atoms with Crippen molar-refractivity contribution < 1.29 is 23.9 Å². The molecule has 2 amide bonds. The van der Waals surface area contributed by atoms with Crippen molar-refractivity contribution in [2.24, 2.45) is 11.1 Å². The van der Waals surface area contributed by atoms with Gasteiger partial charge in [-0.3, -0.25) is 19.3 Å². The fourth-order valence-electron chi connectivity index (χ4n) is 5.00. The maximum absolute atomic E-state index is 13.1. The lowest BCUT2D eigenvalue weighted by molar-refractivity contribution is -0.141. The highest BCUT2D eigenvalue weighted by Gasteiger charge is 2.37. The predicted octanol–water partition coefficient (Wildman–Crippen LogP) is 3.65. The van der Waals surface area contributed by atoms with Gasteiger partial charge in [0.25, 0.3) is 5.91 Å². The summed E-state index contributed by atoms with van der Waals surface area (Å²) in [5.41, 5.74) is 9.56. The lowest BCUT2D eigenvalue weighted by atomic mass is 9.82. The summed E-state index contributed by atoms with van der Waals surface area (Å²) >= 11 is 0. The molecule has 1 saturated heterocycles. The molecule has 0 radical (unpaired) electrons. The monoisotopic (exact) mass is 507 g/mol. The Balaban J connectivity index is 1.37. The van der Waals surface area contributed by atoms with Crippen LogP contribution in [0.1, 0.15) is 66.6 Å². The molecule has 4 rings (SSSR count). The smallest absolute Gasteiger partial charge is 0.305 e. The van der Waals surface area contributed by atoms with Gasteiger partial charge in [-0.1, -0.05) is 44.2 Å². The molecule has 8 nitrogen and oxygen atoms in total. The zero-order valence-corrected chi connectivity index (χ0v) is 22.0. The van der Waals surface area contributed by atoms with Crippen molar-refractivity contribution >= 4 is 17.8 Å². The summed E-state index contributed by atoms with van der Waals surface area (Å²) in [5, 5.41) is 0. The molecule has 1 unspecified atom stereocenters. The van der Waals surface area contributed by atoms with Gasteiger partial charge >= 0.3 is 5.97 Å². The summed E-state index contributed by atoms with van der Waals surface area (Å²) in [4.78, 5) is 40.7. The Kier molecular flexibility index (Phi) is 8.17. The molecule has 2 heterocycles. The normalized spacial score (nSPS) is 17.8. The number of hydrogen-bond acceptors (Lipinski definition) is 6. The molecule has 0 spiro atoms. The van der Waals surface area contributed by atoms with Crippen LogP contribution in [0.3, 0.4) is 0 Å². The Morgan fingerprint density at radius 2 is 1.73 bits per heavy atom. The van der Waals surface area contributed by atoms with E-state index in [1.54, 1.807) is 12.1 Å². The average molecular weight is 508 g/mol. The quantitative estimate of drug-likeness (QED) is 0.493. The summed E-state index contributed by atoms with van der Waals surface area (Å²) in [6.07, 6.45) is 2.57. The Morgan fingerprint density at radius 3 is 2.38 bits per heavy atom. The van der Waals surface area contributed by atoms with Crippen LogP contribution in [0.15, 0.2) is 42.5 Å². The Morgan fingerprint density at radius 1 is 1.05 bits per heavy atom. The minimum absolute atomic E-state index is 0.000665. The summed E-state index contributed by atoms with van der Waals surface area (Å²) in [6.45, 7) is 8.47. The number of primary amides is 1. The van der Waals surface area contributed by atoms with E-state index in [0.717, 1.165) is 30.8 Å². The van der Waals surface area contributed by atoms with Crippen LogP contribution < -0.4 is 10.5 Å². The van der Waals surface area contributed by atoms with E-state index in [-0.39, 0.29) is 25.3 Å². The first kappa shape index (κ1) is 26.7. The molecule has 37 heavy (non-hydrogen) atoms. The predicted molar refractivity (Wildman–Crippen MR) is 140 cm³/mol. The van der Waals surface area contributed by atoms with Gasteiger partial charge in [-0.25, -0.2) is 0 Å². The number of ether oxygens (including phenoxy) is 2. The zero-order chi connectivity index (χ0) is 26.6. The number of rotatable bonds is 10. The molecule has 2 aromatic carbocycles. The van der Waals surface area contributed by atoms with E-state index in [0.29, 0.717) is 23.3 Å². The van der Waals surface area contributed by atoms with E-state index in [4.69, 9.17) is 10.5 Å². The Bertz CT molecular complexity index is 1130. The van der Waals surface area contributed by atoms with E-state index in [9.17, 15) is 14.4 Å². The van der Waals surface area contributed by atoms with Crippen molar-refractivity contribution in [3.8, 4) is 5.75 Å². The van der Waals surface area contributed by atoms with Gasteiger partial charge in [0.05, 0.1) is 13.7 Å². The van der Waals surface area contributed by atoms with Crippen molar-refractivity contribution in [2.45, 2.75) is 65.3 Å². The number of piperidine rings is 1. The van der Waals surface area contributed by atoms with Crippen LogP contribution in [0, 0.1) is 5.41 Å². The Hall–Kier alpha value is -3.39. The number of fused-ring (bicyclic) bond motifs is 1. The first-order valence-electron chi connectivity index (χ1n) is 12.9. The van der Waals surface area contributed by atoms with Crippen molar-refractivity contribution in [2.75, 3.05) is 20.2 Å². The highest BCUT2D eigenvalue weighted by molar-refractivity contribution is 6.01. The van der Waals surface area contributed by atoms with E-state index in [1.807, 2.05) is 6.07 Å². The largest absolute Gasteiger partial charge is 0.489 e. The first-order chi connectivity index (χ1) is 17.7. The zero-order valence-electron chi connectivity index (χ0n) is 22.0. The van der Waals surface area contributed by atoms with Crippen molar-refractivity contribution in [1.29, 1.82) is 0 Å². The molecule has 0 saturated carbocycles. The number of carbonyl (C=O) groups excluding carboxylic acids is 3. The molecule has 2 aromatic rings. The third-order valence-electron chi connectivity index (χ3n) is 7.54. The molecule has 0 aliphatic carbocycles. The fourth-order valence-corrected chi connectivity index (χ4v) is 5.00. The fraction of sp³-hybridized carbons (Fsp3) is 0.483. The van der Waals surface area contributed by atoms with Crippen LogP contribution in [0.5, 0.6) is 5.75 Å². The highest BCUT2D eigenvalue weighted by Crippen LogP contribution is 2.34. The first-order valence-corrected chi connectivity index (χ1v) is 12.9. The highest BCUT2D eigenvalue weighted by atomic mass is 16.5. The van der Waals surface area contributed by atoms with E-state index < -0.39 is 17.9 Å². The van der Waals surface area contributed by atoms with E-state index in [1.165, 1.54) is 30.4 Å². The molecule has 1 atom stereocenters. The molecular formula is C29H37N3O5. The average Bonchev–Trinajstić information content (AvgIpc) is 3.21. The summed E-state index contributed by atoms with van der Waals surface area (Å²) in [7, 11) is 1.28. The van der Waals surface area contributed by atoms with Crippen LogP contribution in [0.2, 0.25) is 0 Å². The maximum atomic E-state index is 13.1. The molecule has 8 heteroatoms. The lowest BCUT2D eigenvalue weighted by Crippen LogP contribution is -2.45. The van der Waals surface area contributed by atoms with Gasteiger partial charge < -0.3 is 20.1 Å². The van der Waals surface area contributed by atoms with Crippen LogP contribution in [-0.4, -0.2) is 53.8 Å². The van der Waals surface area contributed by atoms with Crippen LogP contribution in [-0.2, 0) is 34.0 Å². The SMILES string of the molecule is COC(=O)CCC(C(N)=O)N1Cc2c(OCc3ccc(CN4CCC(C)(C)CC4)cc3)cccc2C1=O. The van der Waals surface area contributed by atoms with Crippen LogP contribution >= 0.6 is 0 Å². The second-order valence-corrected chi connectivity index (χ2v) is 10.8.